The van der Waals surface area contributed by atoms with Crippen LogP contribution in [-0.2, 0) is 16.1 Å². The van der Waals surface area contributed by atoms with Gasteiger partial charge in [-0.05, 0) is 61.9 Å². The van der Waals surface area contributed by atoms with Crippen LogP contribution in [0.3, 0.4) is 0 Å². The number of piperidine rings is 1. The number of nitrogens with one attached hydrogen (secondary N) is 2. The molecule has 0 bridgehead atoms. The molecular formula is C25H39N3O2. The molecule has 0 atom stereocenters. The molecule has 30 heavy (non-hydrogen) atoms. The Bertz CT molecular complexity index is 711. The molecule has 1 aliphatic heterocycles. The third-order valence-electron chi connectivity index (χ3n) is 6.22. The zero-order valence-corrected chi connectivity index (χ0v) is 19.0. The molecule has 5 nitrogen and oxygen atoms in total. The van der Waals surface area contributed by atoms with Gasteiger partial charge in [-0.25, -0.2) is 0 Å². The van der Waals surface area contributed by atoms with Crippen molar-refractivity contribution < 1.29 is 9.59 Å². The van der Waals surface area contributed by atoms with E-state index in [2.05, 4.69) is 48.4 Å². The topological polar surface area (TPSA) is 61.4 Å². The fourth-order valence-electron chi connectivity index (χ4n) is 4.61. The van der Waals surface area contributed by atoms with Crippen molar-refractivity contribution in [3.05, 3.63) is 29.8 Å². The van der Waals surface area contributed by atoms with Gasteiger partial charge in [-0.15, -0.1) is 0 Å². The largest absolute Gasteiger partial charge is 0.353 e. The number of rotatable bonds is 6. The number of anilines is 1. The fourth-order valence-corrected chi connectivity index (χ4v) is 4.61. The van der Waals surface area contributed by atoms with Crippen LogP contribution in [0.5, 0.6) is 0 Å². The first-order valence-electron chi connectivity index (χ1n) is 11.7. The van der Waals surface area contributed by atoms with Gasteiger partial charge in [0.25, 0.3) is 0 Å². The monoisotopic (exact) mass is 413 g/mol. The molecule has 0 spiro atoms. The lowest BCUT2D eigenvalue weighted by atomic mass is 9.92. The lowest BCUT2D eigenvalue weighted by Gasteiger charge is -2.32. The Hall–Kier alpha value is -1.88. The first-order valence-corrected chi connectivity index (χ1v) is 11.7. The molecule has 2 fully saturated rings. The van der Waals surface area contributed by atoms with E-state index in [1.807, 2.05) is 12.1 Å². The van der Waals surface area contributed by atoms with Gasteiger partial charge >= 0.3 is 0 Å². The number of nitrogens with zero attached hydrogens (tertiary/aromatic N) is 1. The van der Waals surface area contributed by atoms with Crippen LogP contribution in [-0.4, -0.2) is 35.8 Å². The summed E-state index contributed by atoms with van der Waals surface area (Å²) in [5.74, 6) is 0.487. The minimum atomic E-state index is -0.0185. The van der Waals surface area contributed by atoms with Crippen molar-refractivity contribution in [1.82, 2.24) is 10.2 Å². The number of hydrogen-bond acceptors (Lipinski definition) is 3. The minimum Gasteiger partial charge on any atom is -0.353 e. The summed E-state index contributed by atoms with van der Waals surface area (Å²) < 4.78 is 0. The molecule has 0 unspecified atom stereocenters. The first kappa shape index (κ1) is 22.8. The SMILES string of the molecule is CC(C)(C)CC(=O)Nc1cccc(CN2CCC(C(=O)NC3CCCCC3)CC2)c1. The van der Waals surface area contributed by atoms with Crippen LogP contribution in [0.4, 0.5) is 5.69 Å². The van der Waals surface area contributed by atoms with Gasteiger partial charge < -0.3 is 10.6 Å². The maximum atomic E-state index is 12.6. The first-order chi connectivity index (χ1) is 14.3. The molecule has 0 aromatic heterocycles. The van der Waals surface area contributed by atoms with Crippen LogP contribution in [0, 0.1) is 11.3 Å². The predicted octanol–water partition coefficient (Wildman–Crippen LogP) is 4.72. The van der Waals surface area contributed by atoms with Crippen LogP contribution in [0.15, 0.2) is 24.3 Å². The summed E-state index contributed by atoms with van der Waals surface area (Å²) in [4.78, 5) is 27.2. The molecule has 166 valence electrons. The second-order valence-corrected chi connectivity index (χ2v) is 10.4. The van der Waals surface area contributed by atoms with E-state index in [0.29, 0.717) is 12.5 Å². The molecule has 3 rings (SSSR count). The Kier molecular flexibility index (Phi) is 7.93. The van der Waals surface area contributed by atoms with Crippen LogP contribution >= 0.6 is 0 Å². The number of carbonyl (C=O) groups excluding carboxylic acids is 2. The minimum absolute atomic E-state index is 0.0185. The van der Waals surface area contributed by atoms with Gasteiger partial charge in [0.05, 0.1) is 0 Å². The molecule has 2 amide bonds. The Morgan fingerprint density at radius 2 is 1.73 bits per heavy atom. The zero-order chi connectivity index (χ0) is 21.6. The molecule has 5 heteroatoms. The molecule has 1 aliphatic carbocycles. The summed E-state index contributed by atoms with van der Waals surface area (Å²) in [5.41, 5.74) is 2.05. The molecule has 0 radical (unpaired) electrons. The second-order valence-electron chi connectivity index (χ2n) is 10.4. The van der Waals surface area contributed by atoms with E-state index >= 15 is 0 Å². The van der Waals surface area contributed by atoms with Gasteiger partial charge in [0, 0.05) is 30.6 Å². The van der Waals surface area contributed by atoms with Crippen LogP contribution < -0.4 is 10.6 Å². The van der Waals surface area contributed by atoms with Gasteiger partial charge in [-0.2, -0.15) is 0 Å². The summed E-state index contributed by atoms with van der Waals surface area (Å²) in [6, 6.07) is 8.54. The highest BCUT2D eigenvalue weighted by atomic mass is 16.2. The second kappa shape index (κ2) is 10.4. The Morgan fingerprint density at radius 3 is 2.40 bits per heavy atom. The van der Waals surface area contributed by atoms with E-state index in [0.717, 1.165) is 51.0 Å². The maximum Gasteiger partial charge on any atom is 0.224 e. The van der Waals surface area contributed by atoms with Crippen molar-refractivity contribution in [2.24, 2.45) is 11.3 Å². The van der Waals surface area contributed by atoms with Gasteiger partial charge in [-0.3, -0.25) is 14.5 Å². The molecule has 1 saturated carbocycles. The quantitative estimate of drug-likeness (QED) is 0.709. The smallest absolute Gasteiger partial charge is 0.224 e. The lowest BCUT2D eigenvalue weighted by molar-refractivity contribution is -0.127. The van der Waals surface area contributed by atoms with Crippen LogP contribution in [0.1, 0.15) is 77.7 Å². The van der Waals surface area contributed by atoms with Crippen LogP contribution in [0.2, 0.25) is 0 Å². The molecule has 2 N–H and O–H groups in total. The van der Waals surface area contributed by atoms with Crippen molar-refractivity contribution in [3.63, 3.8) is 0 Å². The van der Waals surface area contributed by atoms with Crippen molar-refractivity contribution in [1.29, 1.82) is 0 Å². The van der Waals surface area contributed by atoms with Crippen molar-refractivity contribution >= 4 is 17.5 Å². The van der Waals surface area contributed by atoms with Crippen molar-refractivity contribution in [3.8, 4) is 0 Å². The zero-order valence-electron chi connectivity index (χ0n) is 19.0. The van der Waals surface area contributed by atoms with E-state index in [-0.39, 0.29) is 23.1 Å². The summed E-state index contributed by atoms with van der Waals surface area (Å²) in [5, 5.41) is 6.32. The van der Waals surface area contributed by atoms with E-state index in [1.165, 1.54) is 24.8 Å². The maximum absolute atomic E-state index is 12.6. The number of hydrogen-bond donors (Lipinski definition) is 2. The average Bonchev–Trinajstić information content (AvgIpc) is 2.68. The highest BCUT2D eigenvalue weighted by Gasteiger charge is 2.27. The lowest BCUT2D eigenvalue weighted by Crippen LogP contribution is -2.44. The average molecular weight is 414 g/mol. The normalized spacial score (nSPS) is 19.4. The van der Waals surface area contributed by atoms with E-state index in [9.17, 15) is 9.59 Å². The summed E-state index contributed by atoms with van der Waals surface area (Å²) in [7, 11) is 0. The molecule has 2 aliphatic rings. The Morgan fingerprint density at radius 1 is 1.03 bits per heavy atom. The summed E-state index contributed by atoms with van der Waals surface area (Å²) in [6.45, 7) is 8.97. The fraction of sp³-hybridized carbons (Fsp3) is 0.680. The molecule has 1 heterocycles. The number of likely N-dealkylation sites (tertiary alicyclic amines) is 1. The predicted molar refractivity (Wildman–Crippen MR) is 122 cm³/mol. The molecule has 1 aromatic rings. The highest BCUT2D eigenvalue weighted by Crippen LogP contribution is 2.23. The third kappa shape index (κ3) is 7.42. The van der Waals surface area contributed by atoms with Gasteiger partial charge in [0.15, 0.2) is 0 Å². The molecule has 1 saturated heterocycles. The van der Waals surface area contributed by atoms with Crippen molar-refractivity contribution in [2.45, 2.75) is 84.7 Å². The van der Waals surface area contributed by atoms with E-state index in [1.54, 1.807) is 0 Å². The number of carbonyl (C=O) groups is 2. The summed E-state index contributed by atoms with van der Waals surface area (Å²) in [6.07, 6.45) is 8.47. The van der Waals surface area contributed by atoms with Gasteiger partial charge in [-0.1, -0.05) is 52.2 Å². The Labute approximate surface area is 182 Å². The van der Waals surface area contributed by atoms with Gasteiger partial charge in [0.1, 0.15) is 0 Å². The number of amides is 2. The molecular weight excluding hydrogens is 374 g/mol. The van der Waals surface area contributed by atoms with Crippen molar-refractivity contribution in [2.75, 3.05) is 18.4 Å². The van der Waals surface area contributed by atoms with E-state index < -0.39 is 0 Å². The number of benzene rings is 1. The third-order valence-corrected chi connectivity index (χ3v) is 6.22. The standard InChI is InChI=1S/C25H39N3O2/c1-25(2,3)17-23(29)26-22-11-7-8-19(16-22)18-28-14-12-20(13-15-28)24(30)27-21-9-5-4-6-10-21/h7-8,11,16,20-21H,4-6,9-10,12-15,17-18H2,1-3H3,(H,26,29)(H,27,30). The highest BCUT2D eigenvalue weighted by molar-refractivity contribution is 5.91. The van der Waals surface area contributed by atoms with E-state index in [4.69, 9.17) is 0 Å². The molecule has 1 aromatic carbocycles. The summed E-state index contributed by atoms with van der Waals surface area (Å²) >= 11 is 0. The Balaban J connectivity index is 1.44. The van der Waals surface area contributed by atoms with Gasteiger partial charge in [0.2, 0.25) is 11.8 Å². The van der Waals surface area contributed by atoms with Crippen LogP contribution in [0.25, 0.3) is 0 Å².